The maximum atomic E-state index is 10.1. The van der Waals surface area contributed by atoms with Crippen molar-refractivity contribution >= 4 is 41.8 Å². The monoisotopic (exact) mass is 335 g/mol. The van der Waals surface area contributed by atoms with Crippen LogP contribution in [0.3, 0.4) is 0 Å². The molecule has 0 saturated heterocycles. The zero-order valence-electron chi connectivity index (χ0n) is 7.29. The van der Waals surface area contributed by atoms with Gasteiger partial charge in [-0.1, -0.05) is 21.6 Å². The van der Waals surface area contributed by atoms with E-state index in [1.54, 1.807) is 0 Å². The molecule has 0 unspecified atom stereocenters. The Bertz CT molecular complexity index is 311. The average Bonchev–Trinajstić information content (AvgIpc) is 1.92. The van der Waals surface area contributed by atoms with Crippen molar-refractivity contribution in [2.75, 3.05) is 23.0 Å². The fourth-order valence-electron chi connectivity index (χ4n) is 0.390. The topological polar surface area (TPSA) is 114 Å². The summed E-state index contributed by atoms with van der Waals surface area (Å²) < 4.78 is 60.6. The smallest absolute Gasteiger partial charge is 0.748 e. The van der Waals surface area contributed by atoms with Crippen LogP contribution in [0.15, 0.2) is 0 Å². The van der Waals surface area contributed by atoms with Crippen molar-refractivity contribution < 1.29 is 43.0 Å². The van der Waals surface area contributed by atoms with Gasteiger partial charge in [0.2, 0.25) is 0 Å². The molecule has 15 heavy (non-hydrogen) atoms. The first kappa shape index (κ1) is 18.4. The summed E-state index contributed by atoms with van der Waals surface area (Å²) in [6, 6.07) is 0. The summed E-state index contributed by atoms with van der Waals surface area (Å²) in [5.74, 6) is -0.797. The molecule has 0 aliphatic carbocycles. The van der Waals surface area contributed by atoms with Crippen LogP contribution in [-0.4, -0.2) is 49.0 Å². The van der Waals surface area contributed by atoms with E-state index in [0.29, 0.717) is 0 Å². The molecular weight excluding hydrogens is 327 g/mol. The molecule has 0 aromatic rings. The van der Waals surface area contributed by atoms with Gasteiger partial charge in [0.1, 0.15) is 0 Å². The molecule has 0 saturated carbocycles. The zero-order valence-corrected chi connectivity index (χ0v) is 11.7. The van der Waals surface area contributed by atoms with E-state index < -0.39 is 31.7 Å². The summed E-state index contributed by atoms with van der Waals surface area (Å²) >= 11 is 0. The van der Waals surface area contributed by atoms with Crippen LogP contribution in [0.4, 0.5) is 0 Å². The Hall–Kier alpha value is 1.04. The molecule has 6 nitrogen and oxygen atoms in total. The van der Waals surface area contributed by atoms with Gasteiger partial charge in [-0.25, -0.2) is 16.8 Å². The molecule has 0 aromatic heterocycles. The van der Waals surface area contributed by atoms with Crippen LogP contribution in [0.1, 0.15) is 0 Å². The molecule has 91 valence electrons. The van der Waals surface area contributed by atoms with Gasteiger partial charge < -0.3 is 9.11 Å². The van der Waals surface area contributed by atoms with Crippen molar-refractivity contribution in [3.63, 3.8) is 0 Å². The van der Waals surface area contributed by atoms with E-state index in [1.165, 1.54) is 0 Å². The molecule has 0 heterocycles. The average molecular weight is 335 g/mol. The van der Waals surface area contributed by atoms with Crippen LogP contribution in [-0.2, 0) is 37.3 Å². The number of hydrogen-bond donors (Lipinski definition) is 0. The molecule has 0 aliphatic heterocycles. The first-order valence-corrected chi connectivity index (χ1v) is 8.96. The van der Waals surface area contributed by atoms with Gasteiger partial charge in [0.15, 0.2) is 0 Å². The third kappa shape index (κ3) is 17.6. The largest absolute Gasteiger partial charge is 2.00 e. The molecule has 0 amide bonds. The predicted molar refractivity (Wildman–Crippen MR) is 54.0 cm³/mol. The molecule has 0 aromatic carbocycles. The second kappa shape index (κ2) is 8.18. The van der Waals surface area contributed by atoms with Gasteiger partial charge in [-0.15, -0.1) is 0 Å². The number of rotatable bonds is 7. The molecule has 0 spiro atoms. The Morgan fingerprint density at radius 2 is 1.07 bits per heavy atom. The quantitative estimate of drug-likeness (QED) is 0.264. The summed E-state index contributed by atoms with van der Waals surface area (Å²) in [4.78, 5) is 0. The van der Waals surface area contributed by atoms with Gasteiger partial charge in [0, 0.05) is 23.0 Å². The second-order valence-corrected chi connectivity index (χ2v) is 7.92. The summed E-state index contributed by atoms with van der Waals surface area (Å²) in [5, 5.41) is 0. The Morgan fingerprint density at radius 3 is 1.27 bits per heavy atom. The van der Waals surface area contributed by atoms with E-state index in [4.69, 9.17) is 0 Å². The normalized spacial score (nSPS) is 12.1. The Labute approximate surface area is 107 Å². The van der Waals surface area contributed by atoms with Crippen LogP contribution < -0.4 is 0 Å². The zero-order chi connectivity index (χ0) is 11.2. The van der Waals surface area contributed by atoms with E-state index in [-0.39, 0.29) is 28.6 Å². The summed E-state index contributed by atoms with van der Waals surface area (Å²) in [6.45, 7) is 0. The van der Waals surface area contributed by atoms with Crippen LogP contribution in [0.5, 0.6) is 0 Å². The van der Waals surface area contributed by atoms with Gasteiger partial charge in [-0.3, -0.25) is 0 Å². The first-order chi connectivity index (χ1) is 6.21. The molecule has 0 bridgehead atoms. The standard InChI is InChI=1S/C4H10O6S4.Mn/c5-13(6,7)3-1-11-12-2-4-14(8,9)10;/h1-4H2,(H,5,6,7)(H,8,9,10);/q;+2/p-2. The summed E-state index contributed by atoms with van der Waals surface area (Å²) in [7, 11) is -6.30. The van der Waals surface area contributed by atoms with Gasteiger partial charge >= 0.3 is 17.1 Å². The number of hydrogen-bond acceptors (Lipinski definition) is 8. The Balaban J connectivity index is 0. The molecule has 0 atom stereocenters. The minimum Gasteiger partial charge on any atom is -0.748 e. The van der Waals surface area contributed by atoms with Gasteiger partial charge in [0.05, 0.1) is 20.2 Å². The molecule has 0 aliphatic rings. The van der Waals surface area contributed by atoms with Gasteiger partial charge in [0.25, 0.3) is 0 Å². The van der Waals surface area contributed by atoms with E-state index in [1.807, 2.05) is 0 Å². The van der Waals surface area contributed by atoms with Crippen LogP contribution in [0.25, 0.3) is 0 Å². The van der Waals surface area contributed by atoms with E-state index in [0.717, 1.165) is 21.6 Å². The van der Waals surface area contributed by atoms with Crippen molar-refractivity contribution in [3.8, 4) is 0 Å². The van der Waals surface area contributed by atoms with E-state index in [9.17, 15) is 25.9 Å². The van der Waals surface area contributed by atoms with Crippen LogP contribution in [0, 0.1) is 0 Å². The fourth-order valence-corrected chi connectivity index (χ4v) is 4.73. The maximum Gasteiger partial charge on any atom is 2.00 e. The second-order valence-electron chi connectivity index (χ2n) is 2.17. The molecule has 11 heteroatoms. The van der Waals surface area contributed by atoms with E-state index in [2.05, 4.69) is 0 Å². The van der Waals surface area contributed by atoms with E-state index >= 15 is 0 Å². The third-order valence-electron chi connectivity index (χ3n) is 0.917. The van der Waals surface area contributed by atoms with Gasteiger partial charge in [-0.2, -0.15) is 0 Å². The maximum absolute atomic E-state index is 10.1. The SMILES string of the molecule is O=S(=O)([O-])CCSSCCS(=O)(=O)[O-].[Mn+2]. The summed E-state index contributed by atoms with van der Waals surface area (Å²) in [6.07, 6.45) is 0. The third-order valence-corrected chi connectivity index (χ3v) is 5.25. The Morgan fingerprint density at radius 1 is 0.800 bits per heavy atom. The Kier molecular flexibility index (Phi) is 10.0. The van der Waals surface area contributed by atoms with Crippen molar-refractivity contribution in [2.24, 2.45) is 0 Å². The first-order valence-electron chi connectivity index (χ1n) is 3.32. The van der Waals surface area contributed by atoms with Crippen LogP contribution >= 0.6 is 21.6 Å². The minimum absolute atomic E-state index is 0. The fraction of sp³-hybridized carbons (Fsp3) is 1.00. The molecule has 0 N–H and O–H groups in total. The molecular formula is C4H8MnO6S4. The summed E-state index contributed by atoms with van der Waals surface area (Å²) in [5.41, 5.74) is 0. The predicted octanol–water partition coefficient (Wildman–Crippen LogP) is -0.544. The van der Waals surface area contributed by atoms with Crippen LogP contribution in [0.2, 0.25) is 0 Å². The molecule has 0 fully saturated rings. The van der Waals surface area contributed by atoms with Crippen molar-refractivity contribution in [3.05, 3.63) is 0 Å². The molecule has 1 radical (unpaired) electrons. The molecule has 0 rings (SSSR count). The van der Waals surface area contributed by atoms with Crippen molar-refractivity contribution in [1.82, 2.24) is 0 Å². The minimum atomic E-state index is -4.20. The van der Waals surface area contributed by atoms with Crippen molar-refractivity contribution in [1.29, 1.82) is 0 Å². The van der Waals surface area contributed by atoms with Crippen molar-refractivity contribution in [2.45, 2.75) is 0 Å². The van der Waals surface area contributed by atoms with Gasteiger partial charge in [-0.05, 0) is 0 Å².